The third kappa shape index (κ3) is 5.06. The van der Waals surface area contributed by atoms with Gasteiger partial charge in [-0.05, 0) is 19.1 Å². The third-order valence-corrected chi connectivity index (χ3v) is 2.42. The molecule has 4 heteroatoms. The first-order chi connectivity index (χ1) is 8.11. The summed E-state index contributed by atoms with van der Waals surface area (Å²) in [5.41, 5.74) is 1.55. The van der Waals surface area contributed by atoms with E-state index in [0.717, 1.165) is 5.57 Å². The van der Waals surface area contributed by atoms with Crippen LogP contribution in [0, 0.1) is 0 Å². The first-order valence-electron chi connectivity index (χ1n) is 5.39. The number of hydrogen-bond donors (Lipinski definition) is 2. The van der Waals surface area contributed by atoms with Gasteiger partial charge in [0.2, 0.25) is 0 Å². The minimum atomic E-state index is -0.130. The second kappa shape index (κ2) is 7.14. The highest BCUT2D eigenvalue weighted by molar-refractivity contribution is 7.80. The van der Waals surface area contributed by atoms with Crippen molar-refractivity contribution >= 4 is 18.5 Å². The molecule has 0 aliphatic rings. The van der Waals surface area contributed by atoms with Crippen molar-refractivity contribution in [3.8, 4) is 0 Å². The van der Waals surface area contributed by atoms with E-state index in [1.54, 1.807) is 12.1 Å². The van der Waals surface area contributed by atoms with Crippen molar-refractivity contribution in [3.05, 3.63) is 42.0 Å². The maximum absolute atomic E-state index is 11.7. The van der Waals surface area contributed by atoms with Crippen LogP contribution in [0.1, 0.15) is 17.3 Å². The van der Waals surface area contributed by atoms with Gasteiger partial charge in [0.15, 0.2) is 0 Å². The maximum Gasteiger partial charge on any atom is 0.252 e. The van der Waals surface area contributed by atoms with Gasteiger partial charge < -0.3 is 10.1 Å². The van der Waals surface area contributed by atoms with Crippen LogP contribution in [-0.4, -0.2) is 25.7 Å². The van der Waals surface area contributed by atoms with Crippen LogP contribution >= 0.6 is 12.6 Å². The van der Waals surface area contributed by atoms with Gasteiger partial charge in [-0.1, -0.05) is 24.3 Å². The van der Waals surface area contributed by atoms with Crippen LogP contribution in [0.3, 0.4) is 0 Å². The zero-order valence-electron chi connectivity index (χ0n) is 9.90. The Labute approximate surface area is 107 Å². The molecule has 0 unspecified atom stereocenters. The molecule has 0 bridgehead atoms. The summed E-state index contributed by atoms with van der Waals surface area (Å²) < 4.78 is 5.28. The topological polar surface area (TPSA) is 38.3 Å². The highest BCUT2D eigenvalue weighted by atomic mass is 32.1. The maximum atomic E-state index is 11.7. The first-order valence-corrected chi connectivity index (χ1v) is 5.84. The Hall–Kier alpha value is -1.26. The Morgan fingerprint density at radius 1 is 1.47 bits per heavy atom. The van der Waals surface area contributed by atoms with Crippen LogP contribution in [-0.2, 0) is 4.74 Å². The lowest BCUT2D eigenvalue weighted by Gasteiger charge is -2.07. The number of carbonyl (C=O) groups is 1. The number of thiol groups is 1. The molecule has 0 fully saturated rings. The number of nitrogens with one attached hydrogen (secondary N) is 1. The van der Waals surface area contributed by atoms with Crippen LogP contribution in [0.2, 0.25) is 0 Å². The number of ether oxygens (including phenoxy) is 1. The molecule has 1 amide bonds. The molecule has 0 aromatic heterocycles. The van der Waals surface area contributed by atoms with Crippen LogP contribution in [0.15, 0.2) is 41.3 Å². The Bertz CT molecular complexity index is 404. The van der Waals surface area contributed by atoms with Gasteiger partial charge in [0.25, 0.3) is 5.91 Å². The fourth-order valence-corrected chi connectivity index (χ4v) is 1.51. The summed E-state index contributed by atoms with van der Waals surface area (Å²) in [6.07, 6.45) is 0. The van der Waals surface area contributed by atoms with Gasteiger partial charge in [-0.15, -0.1) is 12.6 Å². The van der Waals surface area contributed by atoms with Crippen molar-refractivity contribution in [2.75, 3.05) is 19.8 Å². The lowest BCUT2D eigenvalue weighted by atomic mass is 10.2. The molecule has 0 aliphatic heterocycles. The Balaban J connectivity index is 2.31. The monoisotopic (exact) mass is 251 g/mol. The molecular formula is C13H17NO2S. The molecule has 92 valence electrons. The Morgan fingerprint density at radius 2 is 2.18 bits per heavy atom. The molecule has 1 rings (SSSR count). The summed E-state index contributed by atoms with van der Waals surface area (Å²) in [4.78, 5) is 12.4. The molecule has 1 aromatic rings. The lowest BCUT2D eigenvalue weighted by Crippen LogP contribution is -2.27. The van der Waals surface area contributed by atoms with Gasteiger partial charge >= 0.3 is 0 Å². The molecule has 0 spiro atoms. The van der Waals surface area contributed by atoms with Gasteiger partial charge in [-0.3, -0.25) is 4.79 Å². The summed E-state index contributed by atoms with van der Waals surface area (Å²) in [5.74, 6) is -0.130. The number of amides is 1. The van der Waals surface area contributed by atoms with E-state index in [-0.39, 0.29) is 5.91 Å². The van der Waals surface area contributed by atoms with Crippen LogP contribution in [0.25, 0.3) is 0 Å². The standard InChI is InChI=1S/C13H17NO2S/c1-10(2)9-16-8-7-14-13(15)11-5-3-4-6-12(11)17/h3-6,17H,1,7-9H2,2H3,(H,14,15). The normalized spacial score (nSPS) is 10.0. The van der Waals surface area contributed by atoms with E-state index >= 15 is 0 Å². The molecular weight excluding hydrogens is 234 g/mol. The SMILES string of the molecule is C=C(C)COCCNC(=O)c1ccccc1S. The van der Waals surface area contributed by atoms with Crippen LogP contribution in [0.4, 0.5) is 0 Å². The molecule has 0 radical (unpaired) electrons. The van der Waals surface area contributed by atoms with Gasteiger partial charge in [-0.25, -0.2) is 0 Å². The molecule has 1 aromatic carbocycles. The van der Waals surface area contributed by atoms with Gasteiger partial charge in [0.1, 0.15) is 0 Å². The van der Waals surface area contributed by atoms with Crippen LogP contribution in [0.5, 0.6) is 0 Å². The van der Waals surface area contributed by atoms with Crippen LogP contribution < -0.4 is 5.32 Å². The van der Waals surface area contributed by atoms with E-state index in [0.29, 0.717) is 30.2 Å². The smallest absolute Gasteiger partial charge is 0.252 e. The summed E-state index contributed by atoms with van der Waals surface area (Å²) in [5, 5.41) is 2.77. The average Bonchev–Trinajstić information content (AvgIpc) is 2.28. The van der Waals surface area contributed by atoms with E-state index < -0.39 is 0 Å². The second-order valence-electron chi connectivity index (χ2n) is 3.78. The molecule has 0 atom stereocenters. The van der Waals surface area contributed by atoms with Crippen molar-refractivity contribution in [1.29, 1.82) is 0 Å². The fourth-order valence-electron chi connectivity index (χ4n) is 1.24. The summed E-state index contributed by atoms with van der Waals surface area (Å²) in [6.45, 7) is 7.11. The van der Waals surface area contributed by atoms with Crippen molar-refractivity contribution in [2.45, 2.75) is 11.8 Å². The highest BCUT2D eigenvalue weighted by Crippen LogP contribution is 2.12. The summed E-state index contributed by atoms with van der Waals surface area (Å²) in [7, 11) is 0. The fraction of sp³-hybridized carbons (Fsp3) is 0.308. The Morgan fingerprint density at radius 3 is 2.82 bits per heavy atom. The van der Waals surface area contributed by atoms with Gasteiger partial charge in [0.05, 0.1) is 18.8 Å². The first kappa shape index (κ1) is 13.8. The largest absolute Gasteiger partial charge is 0.375 e. The van der Waals surface area contributed by atoms with Gasteiger partial charge in [-0.2, -0.15) is 0 Å². The predicted octanol–water partition coefficient (Wildman–Crippen LogP) is 2.30. The zero-order chi connectivity index (χ0) is 12.7. The summed E-state index contributed by atoms with van der Waals surface area (Å²) in [6, 6.07) is 7.18. The average molecular weight is 251 g/mol. The highest BCUT2D eigenvalue weighted by Gasteiger charge is 2.07. The van der Waals surface area contributed by atoms with Crippen molar-refractivity contribution in [3.63, 3.8) is 0 Å². The third-order valence-electron chi connectivity index (χ3n) is 2.03. The van der Waals surface area contributed by atoms with E-state index in [1.165, 1.54) is 0 Å². The molecule has 1 N–H and O–H groups in total. The zero-order valence-corrected chi connectivity index (χ0v) is 10.8. The molecule has 0 aliphatic carbocycles. The van der Waals surface area contributed by atoms with E-state index in [1.807, 2.05) is 19.1 Å². The number of hydrogen-bond acceptors (Lipinski definition) is 3. The molecule has 0 heterocycles. The number of benzene rings is 1. The Kier molecular flexibility index (Phi) is 5.80. The van der Waals surface area contributed by atoms with Crippen molar-refractivity contribution in [2.24, 2.45) is 0 Å². The van der Waals surface area contributed by atoms with E-state index in [2.05, 4.69) is 24.5 Å². The minimum absolute atomic E-state index is 0.130. The van der Waals surface area contributed by atoms with Crippen molar-refractivity contribution < 1.29 is 9.53 Å². The molecule has 0 saturated heterocycles. The molecule has 3 nitrogen and oxygen atoms in total. The quantitative estimate of drug-likeness (QED) is 0.462. The molecule has 0 saturated carbocycles. The van der Waals surface area contributed by atoms with E-state index in [9.17, 15) is 4.79 Å². The van der Waals surface area contributed by atoms with Gasteiger partial charge in [0, 0.05) is 11.4 Å². The minimum Gasteiger partial charge on any atom is -0.375 e. The number of carbonyl (C=O) groups excluding carboxylic acids is 1. The number of rotatable bonds is 6. The van der Waals surface area contributed by atoms with Crippen molar-refractivity contribution in [1.82, 2.24) is 5.32 Å². The molecule has 17 heavy (non-hydrogen) atoms. The van der Waals surface area contributed by atoms with E-state index in [4.69, 9.17) is 4.74 Å². The summed E-state index contributed by atoms with van der Waals surface area (Å²) >= 11 is 4.22. The lowest BCUT2D eigenvalue weighted by molar-refractivity contribution is 0.0924. The second-order valence-corrected chi connectivity index (χ2v) is 4.26. The predicted molar refractivity (Wildman–Crippen MR) is 71.7 cm³/mol.